The molecule has 0 amide bonds. The van der Waals surface area contributed by atoms with Crippen molar-refractivity contribution in [3.05, 3.63) is 112 Å². The molecule has 0 bridgehead atoms. The SMILES string of the molecule is [C-]#[N+]c1cc(C#N)c2c(c1)C(C)(C)c1cc(C#N)cc(C#N)c1N2B1c2ccccc2N(C)c2ccccc21. The highest BCUT2D eigenvalue weighted by Gasteiger charge is 2.46. The van der Waals surface area contributed by atoms with Gasteiger partial charge in [-0.25, -0.2) is 4.85 Å². The Morgan fingerprint density at radius 2 is 1.31 bits per heavy atom. The zero-order valence-corrected chi connectivity index (χ0v) is 21.7. The Bertz CT molecular complexity index is 1750. The number of benzene rings is 4. The summed E-state index contributed by atoms with van der Waals surface area (Å²) >= 11 is 0. The van der Waals surface area contributed by atoms with Crippen molar-refractivity contribution in [2.24, 2.45) is 0 Å². The summed E-state index contributed by atoms with van der Waals surface area (Å²) in [7, 11) is 2.04. The van der Waals surface area contributed by atoms with Crippen molar-refractivity contribution < 1.29 is 0 Å². The number of nitrogens with zero attached hydrogens (tertiary/aromatic N) is 6. The van der Waals surface area contributed by atoms with Crippen LogP contribution in [0, 0.1) is 40.6 Å². The second kappa shape index (κ2) is 8.53. The standard InChI is InChI=1S/C32H21BN6/c1-32(2)24-14-20(17-34)13-21(18-35)30(24)39(31-22(19-36)15-23(37-3)16-25(31)32)33-26-9-5-7-11-28(26)38(4)29-12-8-6-10-27(29)33/h5-16H,1-2,4H3. The smallest absolute Gasteiger partial charge is 0.332 e. The van der Waals surface area contributed by atoms with Crippen LogP contribution in [0.4, 0.5) is 28.4 Å². The molecule has 0 atom stereocenters. The number of para-hydroxylation sites is 2. The lowest BCUT2D eigenvalue weighted by Crippen LogP contribution is -2.61. The molecule has 0 saturated carbocycles. The highest BCUT2D eigenvalue weighted by Crippen LogP contribution is 2.53. The first-order valence-corrected chi connectivity index (χ1v) is 12.5. The van der Waals surface area contributed by atoms with Gasteiger partial charge in [0.15, 0.2) is 5.69 Å². The van der Waals surface area contributed by atoms with Crippen LogP contribution in [-0.2, 0) is 5.41 Å². The Balaban J connectivity index is 1.81. The molecule has 0 spiro atoms. The lowest BCUT2D eigenvalue weighted by atomic mass is 9.45. The minimum absolute atomic E-state index is 0.367. The van der Waals surface area contributed by atoms with E-state index in [4.69, 9.17) is 6.57 Å². The Labute approximate surface area is 228 Å². The predicted molar refractivity (Wildman–Crippen MR) is 154 cm³/mol. The fraction of sp³-hybridized carbons (Fsp3) is 0.125. The predicted octanol–water partition coefficient (Wildman–Crippen LogP) is 5.52. The van der Waals surface area contributed by atoms with Crippen molar-refractivity contribution in [2.45, 2.75) is 19.3 Å². The lowest BCUT2D eigenvalue weighted by Gasteiger charge is -2.48. The van der Waals surface area contributed by atoms with Crippen molar-refractivity contribution in [3.8, 4) is 18.2 Å². The van der Waals surface area contributed by atoms with E-state index in [9.17, 15) is 15.8 Å². The van der Waals surface area contributed by atoms with Gasteiger partial charge in [0.1, 0.15) is 6.07 Å². The quantitative estimate of drug-likeness (QED) is 0.254. The number of anilines is 4. The average molecular weight is 500 g/mol. The van der Waals surface area contributed by atoms with E-state index in [0.717, 1.165) is 33.4 Å². The molecule has 4 aromatic carbocycles. The third kappa shape index (κ3) is 3.25. The highest BCUT2D eigenvalue weighted by molar-refractivity contribution is 6.92. The van der Waals surface area contributed by atoms with Gasteiger partial charge in [-0.1, -0.05) is 56.3 Å². The van der Waals surface area contributed by atoms with Gasteiger partial charge in [-0.15, -0.1) is 0 Å². The molecular weight excluding hydrogens is 479 g/mol. The summed E-state index contributed by atoms with van der Waals surface area (Å²) in [5.41, 5.74) is 7.93. The number of nitriles is 3. The monoisotopic (exact) mass is 500 g/mol. The molecule has 0 unspecified atom stereocenters. The number of rotatable bonds is 1. The highest BCUT2D eigenvalue weighted by atomic mass is 15.2. The molecule has 0 radical (unpaired) electrons. The summed E-state index contributed by atoms with van der Waals surface area (Å²) in [5.74, 6) is 0. The fourth-order valence-electron chi connectivity index (χ4n) is 6.16. The largest absolute Gasteiger partial charge is 0.374 e. The van der Waals surface area contributed by atoms with Crippen LogP contribution in [0.3, 0.4) is 0 Å². The van der Waals surface area contributed by atoms with Crippen LogP contribution in [-0.4, -0.2) is 13.9 Å². The molecule has 0 aromatic heterocycles. The third-order valence-electron chi connectivity index (χ3n) is 7.98. The first-order chi connectivity index (χ1) is 18.8. The summed E-state index contributed by atoms with van der Waals surface area (Å²) in [5, 5.41) is 30.6. The molecule has 0 saturated heterocycles. The van der Waals surface area contributed by atoms with E-state index in [2.05, 4.69) is 57.0 Å². The molecule has 2 heterocycles. The van der Waals surface area contributed by atoms with Crippen LogP contribution in [0.1, 0.15) is 41.7 Å². The second-order valence-corrected chi connectivity index (χ2v) is 10.3. The molecule has 4 aromatic rings. The van der Waals surface area contributed by atoms with Gasteiger partial charge in [-0.3, -0.25) is 0 Å². The van der Waals surface area contributed by atoms with Gasteiger partial charge in [-0.05, 0) is 52.4 Å². The summed E-state index contributed by atoms with van der Waals surface area (Å²) in [6.45, 7) is 11.4. The summed E-state index contributed by atoms with van der Waals surface area (Å²) in [6, 6.07) is 30.2. The van der Waals surface area contributed by atoms with Crippen LogP contribution in [0.15, 0.2) is 72.8 Å². The molecule has 6 nitrogen and oxygen atoms in total. The first-order valence-electron chi connectivity index (χ1n) is 12.5. The third-order valence-corrected chi connectivity index (χ3v) is 7.98. The first kappa shape index (κ1) is 23.9. The number of hydrogen-bond acceptors (Lipinski definition) is 5. The van der Waals surface area contributed by atoms with Gasteiger partial charge in [-0.2, -0.15) is 15.8 Å². The van der Waals surface area contributed by atoms with Crippen molar-refractivity contribution in [1.29, 1.82) is 15.8 Å². The van der Waals surface area contributed by atoms with E-state index in [1.807, 2.05) is 57.3 Å². The Hall–Kier alpha value is -5.50. The van der Waals surface area contributed by atoms with E-state index in [1.54, 1.807) is 12.1 Å². The maximum Gasteiger partial charge on any atom is 0.332 e. The van der Waals surface area contributed by atoms with Crippen molar-refractivity contribution >= 4 is 46.2 Å². The zero-order chi connectivity index (χ0) is 27.5. The normalized spacial score (nSPS) is 14.0. The van der Waals surface area contributed by atoms with E-state index in [-0.39, 0.29) is 6.85 Å². The van der Waals surface area contributed by atoms with E-state index in [0.29, 0.717) is 33.8 Å². The van der Waals surface area contributed by atoms with Crippen molar-refractivity contribution in [2.75, 3.05) is 16.8 Å². The summed E-state index contributed by atoms with van der Waals surface area (Å²) < 4.78 is 0. The van der Waals surface area contributed by atoms with Gasteiger partial charge in [0.2, 0.25) is 0 Å². The summed E-state index contributed by atoms with van der Waals surface area (Å²) in [6.07, 6.45) is 0. The van der Waals surface area contributed by atoms with E-state index in [1.165, 1.54) is 0 Å². The summed E-state index contributed by atoms with van der Waals surface area (Å²) in [4.78, 5) is 7.93. The van der Waals surface area contributed by atoms with Crippen LogP contribution in [0.25, 0.3) is 4.85 Å². The Morgan fingerprint density at radius 3 is 1.85 bits per heavy atom. The van der Waals surface area contributed by atoms with E-state index >= 15 is 0 Å². The van der Waals surface area contributed by atoms with Crippen molar-refractivity contribution in [1.82, 2.24) is 0 Å². The second-order valence-electron chi connectivity index (χ2n) is 10.3. The van der Waals surface area contributed by atoms with Crippen LogP contribution in [0.5, 0.6) is 0 Å². The van der Waals surface area contributed by atoms with Gasteiger partial charge in [0.05, 0.1) is 41.1 Å². The van der Waals surface area contributed by atoms with Crippen LogP contribution >= 0.6 is 0 Å². The van der Waals surface area contributed by atoms with E-state index < -0.39 is 5.41 Å². The zero-order valence-electron chi connectivity index (χ0n) is 21.7. The Morgan fingerprint density at radius 1 is 0.769 bits per heavy atom. The molecular formula is C32H21BN6. The molecule has 0 N–H and O–H groups in total. The van der Waals surface area contributed by atoms with Crippen LogP contribution < -0.4 is 20.6 Å². The van der Waals surface area contributed by atoms with Gasteiger partial charge in [0, 0.05) is 29.5 Å². The van der Waals surface area contributed by atoms with Gasteiger partial charge in [0.25, 0.3) is 0 Å². The van der Waals surface area contributed by atoms with Crippen LogP contribution in [0.2, 0.25) is 0 Å². The fourth-order valence-corrected chi connectivity index (χ4v) is 6.16. The molecule has 2 aliphatic rings. The molecule has 0 aliphatic carbocycles. The number of hydrogen-bond donors (Lipinski definition) is 0. The minimum atomic E-state index is -0.684. The van der Waals surface area contributed by atoms with Gasteiger partial charge < -0.3 is 9.71 Å². The molecule has 182 valence electrons. The number of fused-ring (bicyclic) bond motifs is 4. The van der Waals surface area contributed by atoms with Crippen molar-refractivity contribution in [3.63, 3.8) is 0 Å². The molecule has 2 aliphatic heterocycles. The average Bonchev–Trinajstić information content (AvgIpc) is 2.97. The topological polar surface area (TPSA) is 82.2 Å². The van der Waals surface area contributed by atoms with Gasteiger partial charge >= 0.3 is 6.85 Å². The minimum Gasteiger partial charge on any atom is -0.374 e. The lowest BCUT2D eigenvalue weighted by molar-refractivity contribution is 0.633. The molecule has 0 fully saturated rings. The molecule has 6 rings (SSSR count). The maximum absolute atomic E-state index is 10.4. The maximum atomic E-state index is 10.4. The molecule has 7 heteroatoms. The Kier molecular flexibility index (Phi) is 5.22. The molecule has 39 heavy (non-hydrogen) atoms.